The lowest BCUT2D eigenvalue weighted by Crippen LogP contribution is -2.03. The van der Waals surface area contributed by atoms with Crippen molar-refractivity contribution in [1.82, 2.24) is 4.57 Å². The van der Waals surface area contributed by atoms with Gasteiger partial charge in [-0.05, 0) is 23.6 Å². The van der Waals surface area contributed by atoms with Crippen LogP contribution < -0.4 is 4.74 Å². The number of rotatable bonds is 3. The van der Waals surface area contributed by atoms with E-state index in [4.69, 9.17) is 9.47 Å². The first-order valence-electron chi connectivity index (χ1n) is 5.12. The van der Waals surface area contributed by atoms with Gasteiger partial charge in [0.25, 0.3) is 0 Å². The number of epoxide rings is 1. The minimum absolute atomic E-state index is 0.314. The quantitative estimate of drug-likeness (QED) is 0.713. The Hall–Kier alpha value is -1.48. The molecule has 0 aliphatic carbocycles. The van der Waals surface area contributed by atoms with E-state index in [0.717, 1.165) is 12.4 Å². The van der Waals surface area contributed by atoms with Crippen molar-refractivity contribution in [3.05, 3.63) is 30.5 Å². The largest absolute Gasteiger partial charge is 0.491 e. The molecule has 3 heteroatoms. The predicted molar refractivity (Wildman–Crippen MR) is 58.2 cm³/mol. The third kappa shape index (κ3) is 1.70. The lowest BCUT2D eigenvalue weighted by atomic mass is 10.2. The molecule has 1 fully saturated rings. The second-order valence-corrected chi connectivity index (χ2v) is 3.91. The molecule has 78 valence electrons. The zero-order chi connectivity index (χ0) is 10.3. The van der Waals surface area contributed by atoms with E-state index in [0.29, 0.717) is 12.7 Å². The van der Waals surface area contributed by atoms with E-state index in [-0.39, 0.29) is 0 Å². The maximum Gasteiger partial charge on any atom is 0.121 e. The minimum atomic E-state index is 0.314. The summed E-state index contributed by atoms with van der Waals surface area (Å²) in [5.74, 6) is 0.916. The molecule has 1 aromatic heterocycles. The third-order valence-electron chi connectivity index (χ3n) is 2.70. The highest BCUT2D eigenvalue weighted by molar-refractivity contribution is 5.81. The Morgan fingerprint density at radius 1 is 1.47 bits per heavy atom. The van der Waals surface area contributed by atoms with Crippen LogP contribution in [0, 0.1) is 0 Å². The van der Waals surface area contributed by atoms with E-state index in [1.165, 1.54) is 10.9 Å². The van der Waals surface area contributed by atoms with E-state index in [2.05, 4.69) is 29.0 Å². The summed E-state index contributed by atoms with van der Waals surface area (Å²) >= 11 is 0. The first kappa shape index (κ1) is 8.80. The Kier molecular flexibility index (Phi) is 1.92. The molecule has 3 nitrogen and oxygen atoms in total. The summed E-state index contributed by atoms with van der Waals surface area (Å²) in [6.45, 7) is 1.50. The van der Waals surface area contributed by atoms with Crippen molar-refractivity contribution in [2.24, 2.45) is 7.05 Å². The molecule has 0 amide bonds. The Morgan fingerprint density at radius 3 is 3.13 bits per heavy atom. The highest BCUT2D eigenvalue weighted by atomic mass is 16.6. The first-order chi connectivity index (χ1) is 7.33. The number of benzene rings is 1. The summed E-state index contributed by atoms with van der Waals surface area (Å²) in [6.07, 6.45) is 2.37. The highest BCUT2D eigenvalue weighted by Crippen LogP contribution is 2.22. The zero-order valence-electron chi connectivity index (χ0n) is 8.64. The fourth-order valence-corrected chi connectivity index (χ4v) is 1.69. The van der Waals surface area contributed by atoms with Gasteiger partial charge in [-0.25, -0.2) is 0 Å². The first-order valence-corrected chi connectivity index (χ1v) is 5.12. The van der Waals surface area contributed by atoms with E-state index in [9.17, 15) is 0 Å². The monoisotopic (exact) mass is 203 g/mol. The van der Waals surface area contributed by atoms with Crippen molar-refractivity contribution < 1.29 is 9.47 Å². The molecule has 0 saturated carbocycles. The third-order valence-corrected chi connectivity index (χ3v) is 2.70. The summed E-state index contributed by atoms with van der Waals surface area (Å²) < 4.78 is 12.8. The van der Waals surface area contributed by atoms with Crippen LogP contribution in [0.1, 0.15) is 0 Å². The van der Waals surface area contributed by atoms with Crippen LogP contribution in [0.2, 0.25) is 0 Å². The summed E-state index contributed by atoms with van der Waals surface area (Å²) in [6, 6.07) is 8.25. The lowest BCUT2D eigenvalue weighted by Gasteiger charge is -2.04. The Bertz CT molecular complexity index is 485. The van der Waals surface area contributed by atoms with Crippen LogP contribution >= 0.6 is 0 Å². The average molecular weight is 203 g/mol. The standard InChI is InChI=1S/C12H13NO2/c1-13-5-4-9-2-3-10(6-12(9)13)14-7-11-8-15-11/h2-6,11H,7-8H2,1H3. The van der Waals surface area contributed by atoms with Gasteiger partial charge in [0.1, 0.15) is 18.5 Å². The van der Waals surface area contributed by atoms with Crippen LogP contribution in [0.15, 0.2) is 30.5 Å². The van der Waals surface area contributed by atoms with Crippen molar-refractivity contribution in [2.45, 2.75) is 6.10 Å². The van der Waals surface area contributed by atoms with Gasteiger partial charge in [0, 0.05) is 19.3 Å². The van der Waals surface area contributed by atoms with Gasteiger partial charge in [-0.1, -0.05) is 0 Å². The van der Waals surface area contributed by atoms with E-state index in [1.54, 1.807) is 0 Å². The average Bonchev–Trinajstić information content (AvgIpc) is 3.02. The molecule has 15 heavy (non-hydrogen) atoms. The number of aryl methyl sites for hydroxylation is 1. The molecular formula is C12H13NO2. The molecule has 3 rings (SSSR count). The van der Waals surface area contributed by atoms with Crippen molar-refractivity contribution >= 4 is 10.9 Å². The second kappa shape index (κ2) is 3.28. The molecule has 1 aromatic carbocycles. The van der Waals surface area contributed by atoms with E-state index in [1.807, 2.05) is 13.1 Å². The molecule has 0 bridgehead atoms. The van der Waals surface area contributed by atoms with Crippen LogP contribution in [0.3, 0.4) is 0 Å². The molecule has 0 radical (unpaired) electrons. The number of hydrogen-bond donors (Lipinski definition) is 0. The molecule has 1 saturated heterocycles. The summed E-state index contributed by atoms with van der Waals surface area (Å²) in [5.41, 5.74) is 1.20. The van der Waals surface area contributed by atoms with Crippen LogP contribution in [-0.4, -0.2) is 23.9 Å². The summed E-state index contributed by atoms with van der Waals surface area (Å²) in [5, 5.41) is 1.24. The number of nitrogens with zero attached hydrogens (tertiary/aromatic N) is 1. The normalized spacial score (nSPS) is 19.4. The Balaban J connectivity index is 1.86. The molecule has 0 spiro atoms. The van der Waals surface area contributed by atoms with Gasteiger partial charge in [-0.3, -0.25) is 0 Å². The topological polar surface area (TPSA) is 26.7 Å². The number of aromatic nitrogens is 1. The van der Waals surface area contributed by atoms with Crippen molar-refractivity contribution in [3.8, 4) is 5.75 Å². The molecule has 1 atom stereocenters. The maximum atomic E-state index is 5.62. The molecule has 0 N–H and O–H groups in total. The lowest BCUT2D eigenvalue weighted by molar-refractivity contribution is 0.263. The molecule has 1 unspecified atom stereocenters. The molecule has 2 heterocycles. The van der Waals surface area contributed by atoms with Gasteiger partial charge in [-0.15, -0.1) is 0 Å². The van der Waals surface area contributed by atoms with Gasteiger partial charge < -0.3 is 14.0 Å². The number of hydrogen-bond acceptors (Lipinski definition) is 2. The van der Waals surface area contributed by atoms with E-state index >= 15 is 0 Å². The predicted octanol–water partition coefficient (Wildman–Crippen LogP) is 1.96. The van der Waals surface area contributed by atoms with E-state index < -0.39 is 0 Å². The second-order valence-electron chi connectivity index (χ2n) is 3.91. The van der Waals surface area contributed by atoms with Gasteiger partial charge >= 0.3 is 0 Å². The van der Waals surface area contributed by atoms with Crippen LogP contribution in [0.4, 0.5) is 0 Å². The fraction of sp³-hybridized carbons (Fsp3) is 0.333. The van der Waals surface area contributed by atoms with Gasteiger partial charge in [0.15, 0.2) is 0 Å². The number of fused-ring (bicyclic) bond motifs is 1. The Labute approximate surface area is 88.2 Å². The van der Waals surface area contributed by atoms with Crippen LogP contribution in [0.25, 0.3) is 10.9 Å². The van der Waals surface area contributed by atoms with Crippen molar-refractivity contribution in [3.63, 3.8) is 0 Å². The highest BCUT2D eigenvalue weighted by Gasteiger charge is 2.23. The molecule has 1 aliphatic heterocycles. The summed E-state index contributed by atoms with van der Waals surface area (Å²) in [7, 11) is 2.04. The van der Waals surface area contributed by atoms with Gasteiger partial charge in [-0.2, -0.15) is 0 Å². The molecular weight excluding hydrogens is 190 g/mol. The maximum absolute atomic E-state index is 5.62. The van der Waals surface area contributed by atoms with Gasteiger partial charge in [0.2, 0.25) is 0 Å². The van der Waals surface area contributed by atoms with Gasteiger partial charge in [0.05, 0.1) is 12.1 Å². The van der Waals surface area contributed by atoms with Crippen LogP contribution in [-0.2, 0) is 11.8 Å². The van der Waals surface area contributed by atoms with Crippen LogP contribution in [0.5, 0.6) is 5.75 Å². The zero-order valence-corrected chi connectivity index (χ0v) is 8.64. The SMILES string of the molecule is Cn1ccc2ccc(OCC3CO3)cc21. The molecule has 2 aromatic rings. The minimum Gasteiger partial charge on any atom is -0.491 e. The van der Waals surface area contributed by atoms with Crippen molar-refractivity contribution in [1.29, 1.82) is 0 Å². The fourth-order valence-electron chi connectivity index (χ4n) is 1.69. The summed E-state index contributed by atoms with van der Waals surface area (Å²) in [4.78, 5) is 0. The smallest absolute Gasteiger partial charge is 0.121 e. The van der Waals surface area contributed by atoms with Crippen molar-refractivity contribution in [2.75, 3.05) is 13.2 Å². The number of ether oxygens (including phenoxy) is 2. The Morgan fingerprint density at radius 2 is 2.33 bits per heavy atom. The molecule has 1 aliphatic rings.